The highest BCUT2D eigenvalue weighted by Crippen LogP contribution is 2.25. The zero-order chi connectivity index (χ0) is 22.2. The molecule has 0 saturated carbocycles. The van der Waals surface area contributed by atoms with E-state index in [1.54, 1.807) is 24.3 Å². The molecule has 0 fully saturated rings. The summed E-state index contributed by atoms with van der Waals surface area (Å²) in [6.07, 6.45) is 1.47. The molecule has 0 saturated heterocycles. The predicted octanol–water partition coefficient (Wildman–Crippen LogP) is 3.93. The van der Waals surface area contributed by atoms with Gasteiger partial charge in [-0.1, -0.05) is 29.8 Å². The van der Waals surface area contributed by atoms with Gasteiger partial charge >= 0.3 is 5.97 Å². The SMILES string of the molecule is O=C(COC(=O)c1cc([N+](=O)[O-])ccc1NCc1ccccc1Cl)NCc1ccco1. The van der Waals surface area contributed by atoms with Crippen molar-refractivity contribution in [1.29, 1.82) is 0 Å². The topological polar surface area (TPSA) is 124 Å². The summed E-state index contributed by atoms with van der Waals surface area (Å²) in [7, 11) is 0. The third kappa shape index (κ3) is 6.06. The van der Waals surface area contributed by atoms with Crippen LogP contribution in [0, 0.1) is 10.1 Å². The van der Waals surface area contributed by atoms with Crippen LogP contribution < -0.4 is 10.6 Å². The van der Waals surface area contributed by atoms with Crippen molar-refractivity contribution in [2.75, 3.05) is 11.9 Å². The number of hydrogen-bond donors (Lipinski definition) is 2. The number of nitrogens with zero attached hydrogens (tertiary/aromatic N) is 1. The van der Waals surface area contributed by atoms with E-state index >= 15 is 0 Å². The van der Waals surface area contributed by atoms with Gasteiger partial charge in [-0.3, -0.25) is 14.9 Å². The van der Waals surface area contributed by atoms with Crippen molar-refractivity contribution in [2.45, 2.75) is 13.1 Å². The molecular weight excluding hydrogens is 426 g/mol. The Hall–Kier alpha value is -3.85. The lowest BCUT2D eigenvalue weighted by molar-refractivity contribution is -0.384. The zero-order valence-corrected chi connectivity index (χ0v) is 16.9. The van der Waals surface area contributed by atoms with Gasteiger partial charge in [0, 0.05) is 29.4 Å². The van der Waals surface area contributed by atoms with E-state index in [0.29, 0.717) is 16.5 Å². The van der Waals surface area contributed by atoms with Gasteiger partial charge in [-0.05, 0) is 29.8 Å². The molecule has 31 heavy (non-hydrogen) atoms. The van der Waals surface area contributed by atoms with Crippen LogP contribution in [-0.4, -0.2) is 23.4 Å². The van der Waals surface area contributed by atoms with Crippen LogP contribution in [0.4, 0.5) is 11.4 Å². The van der Waals surface area contributed by atoms with Crippen LogP contribution in [0.25, 0.3) is 0 Å². The van der Waals surface area contributed by atoms with Crippen LogP contribution in [0.1, 0.15) is 21.7 Å². The first-order valence-electron chi connectivity index (χ1n) is 9.16. The maximum absolute atomic E-state index is 12.5. The summed E-state index contributed by atoms with van der Waals surface area (Å²) in [5, 5.41) is 17.2. The Balaban J connectivity index is 1.67. The van der Waals surface area contributed by atoms with Crippen molar-refractivity contribution in [3.8, 4) is 0 Å². The lowest BCUT2D eigenvalue weighted by atomic mass is 10.1. The molecule has 0 atom stereocenters. The van der Waals surface area contributed by atoms with Crippen molar-refractivity contribution in [3.05, 3.63) is 92.9 Å². The Kier molecular flexibility index (Phi) is 7.23. The van der Waals surface area contributed by atoms with E-state index < -0.39 is 23.4 Å². The molecule has 10 heteroatoms. The van der Waals surface area contributed by atoms with Crippen LogP contribution in [0.15, 0.2) is 65.3 Å². The van der Waals surface area contributed by atoms with Gasteiger partial charge in [0.15, 0.2) is 6.61 Å². The van der Waals surface area contributed by atoms with Gasteiger partial charge < -0.3 is 19.8 Å². The fourth-order valence-electron chi connectivity index (χ4n) is 2.66. The average Bonchev–Trinajstić information content (AvgIpc) is 3.29. The monoisotopic (exact) mass is 443 g/mol. The minimum atomic E-state index is -0.876. The number of carbonyl (C=O) groups is 2. The Morgan fingerprint density at radius 2 is 1.90 bits per heavy atom. The molecule has 0 radical (unpaired) electrons. The maximum Gasteiger partial charge on any atom is 0.341 e. The highest BCUT2D eigenvalue weighted by atomic mass is 35.5. The standard InChI is InChI=1S/C21H18ClN3O6/c22-18-6-2-1-4-14(18)11-23-19-8-7-15(25(28)29)10-17(19)21(27)31-13-20(26)24-12-16-5-3-9-30-16/h1-10,23H,11-13H2,(H,24,26). The van der Waals surface area contributed by atoms with Gasteiger partial charge in [0.05, 0.1) is 23.3 Å². The lowest BCUT2D eigenvalue weighted by Crippen LogP contribution is -2.28. The molecule has 3 rings (SSSR count). The first-order valence-corrected chi connectivity index (χ1v) is 9.54. The third-order valence-electron chi connectivity index (χ3n) is 4.24. The molecule has 1 heterocycles. The van der Waals surface area contributed by atoms with E-state index in [1.807, 2.05) is 12.1 Å². The summed E-state index contributed by atoms with van der Waals surface area (Å²) < 4.78 is 10.1. The summed E-state index contributed by atoms with van der Waals surface area (Å²) in [5.41, 5.74) is 0.739. The van der Waals surface area contributed by atoms with Gasteiger partial charge in [-0.2, -0.15) is 0 Å². The van der Waals surface area contributed by atoms with E-state index in [-0.39, 0.29) is 24.3 Å². The second-order valence-corrected chi connectivity index (χ2v) is 6.77. The van der Waals surface area contributed by atoms with Crippen molar-refractivity contribution in [2.24, 2.45) is 0 Å². The maximum atomic E-state index is 12.5. The number of carbonyl (C=O) groups excluding carboxylic acids is 2. The highest BCUT2D eigenvalue weighted by molar-refractivity contribution is 6.31. The molecule has 160 valence electrons. The average molecular weight is 444 g/mol. The second kappa shape index (κ2) is 10.3. The van der Waals surface area contributed by atoms with E-state index in [2.05, 4.69) is 10.6 Å². The Labute approximate surface area is 182 Å². The number of anilines is 1. The summed E-state index contributed by atoms with van der Waals surface area (Å²) in [4.78, 5) is 35.0. The van der Waals surface area contributed by atoms with Crippen LogP contribution in [0.5, 0.6) is 0 Å². The smallest absolute Gasteiger partial charge is 0.341 e. The number of benzene rings is 2. The molecule has 2 N–H and O–H groups in total. The molecule has 1 amide bonds. The van der Waals surface area contributed by atoms with Gasteiger partial charge in [-0.25, -0.2) is 4.79 Å². The number of esters is 1. The largest absolute Gasteiger partial charge is 0.467 e. The van der Waals surface area contributed by atoms with Crippen molar-refractivity contribution >= 4 is 34.9 Å². The zero-order valence-electron chi connectivity index (χ0n) is 16.2. The summed E-state index contributed by atoms with van der Waals surface area (Å²) in [5.74, 6) is -0.872. The number of halogens is 1. The summed E-state index contributed by atoms with van der Waals surface area (Å²) in [6.45, 7) is -0.127. The Morgan fingerprint density at radius 3 is 2.61 bits per heavy atom. The number of nitro benzene ring substituents is 1. The third-order valence-corrected chi connectivity index (χ3v) is 4.60. The van der Waals surface area contributed by atoms with E-state index in [0.717, 1.165) is 11.6 Å². The van der Waals surface area contributed by atoms with E-state index in [1.165, 1.54) is 18.4 Å². The molecule has 0 aliphatic rings. The minimum absolute atomic E-state index is 0.0694. The number of ether oxygens (including phenoxy) is 1. The van der Waals surface area contributed by atoms with Crippen molar-refractivity contribution in [1.82, 2.24) is 5.32 Å². The lowest BCUT2D eigenvalue weighted by Gasteiger charge is -2.12. The quantitative estimate of drug-likeness (QED) is 0.291. The fraction of sp³-hybridized carbons (Fsp3) is 0.143. The first kappa shape index (κ1) is 21.8. The predicted molar refractivity (Wildman–Crippen MR) is 113 cm³/mol. The molecule has 0 aliphatic carbocycles. The second-order valence-electron chi connectivity index (χ2n) is 6.36. The van der Waals surface area contributed by atoms with Crippen LogP contribution >= 0.6 is 11.6 Å². The van der Waals surface area contributed by atoms with Crippen LogP contribution in [-0.2, 0) is 22.6 Å². The number of nitrogens with one attached hydrogen (secondary N) is 2. The molecule has 2 aromatic carbocycles. The molecule has 0 aliphatic heterocycles. The Morgan fingerprint density at radius 1 is 1.10 bits per heavy atom. The van der Waals surface area contributed by atoms with Crippen molar-refractivity contribution in [3.63, 3.8) is 0 Å². The highest BCUT2D eigenvalue weighted by Gasteiger charge is 2.19. The van der Waals surface area contributed by atoms with Gasteiger partial charge in [-0.15, -0.1) is 0 Å². The minimum Gasteiger partial charge on any atom is -0.467 e. The van der Waals surface area contributed by atoms with Gasteiger partial charge in [0.25, 0.3) is 11.6 Å². The van der Waals surface area contributed by atoms with E-state index in [9.17, 15) is 19.7 Å². The molecule has 1 aromatic heterocycles. The molecule has 0 unspecified atom stereocenters. The normalized spacial score (nSPS) is 10.4. The first-order chi connectivity index (χ1) is 14.9. The number of amides is 1. The molecule has 3 aromatic rings. The van der Waals surface area contributed by atoms with Crippen LogP contribution in [0.2, 0.25) is 5.02 Å². The molecule has 9 nitrogen and oxygen atoms in total. The molecular formula is C21H18ClN3O6. The number of furan rings is 1. The number of nitro groups is 1. The number of hydrogen-bond acceptors (Lipinski definition) is 7. The number of non-ortho nitro benzene ring substituents is 1. The van der Waals surface area contributed by atoms with Crippen LogP contribution in [0.3, 0.4) is 0 Å². The number of rotatable bonds is 9. The summed E-state index contributed by atoms with van der Waals surface area (Å²) in [6, 6.07) is 14.3. The summed E-state index contributed by atoms with van der Waals surface area (Å²) >= 11 is 6.14. The Bertz CT molecular complexity index is 1080. The van der Waals surface area contributed by atoms with Crippen molar-refractivity contribution < 1.29 is 23.7 Å². The van der Waals surface area contributed by atoms with E-state index in [4.69, 9.17) is 20.8 Å². The molecule has 0 bridgehead atoms. The fourth-order valence-corrected chi connectivity index (χ4v) is 2.86. The molecule has 0 spiro atoms. The van der Waals surface area contributed by atoms with Gasteiger partial charge in [0.2, 0.25) is 0 Å². The van der Waals surface area contributed by atoms with Gasteiger partial charge in [0.1, 0.15) is 5.76 Å².